The van der Waals surface area contributed by atoms with Gasteiger partial charge in [-0.25, -0.2) is 0 Å². The standard InChI is InChI=1S/C24H27N3/c25-20-6-3-5-19(15-20)24-11-4-7-21(16-24)27(14-12-24)17-18-10-13-26-23-9-2-1-8-22(18)23/h1-3,5-6,8-10,13,15,21H,4,7,11-12,14,16-17,25H2. The van der Waals surface area contributed by atoms with Crippen molar-refractivity contribution in [1.82, 2.24) is 9.88 Å². The van der Waals surface area contributed by atoms with E-state index in [1.54, 1.807) is 0 Å². The third-order valence-electron chi connectivity index (χ3n) is 6.82. The highest BCUT2D eigenvalue weighted by Gasteiger charge is 2.43. The Bertz CT molecular complexity index is 961. The maximum absolute atomic E-state index is 6.10. The molecule has 2 bridgehead atoms. The van der Waals surface area contributed by atoms with Crippen molar-refractivity contribution < 1.29 is 0 Å². The maximum atomic E-state index is 6.10. The lowest BCUT2D eigenvalue weighted by atomic mass is 9.63. The first-order chi connectivity index (χ1) is 13.2. The summed E-state index contributed by atoms with van der Waals surface area (Å²) in [6.45, 7) is 2.19. The van der Waals surface area contributed by atoms with Crippen LogP contribution in [0, 0.1) is 0 Å². The molecule has 2 N–H and O–H groups in total. The molecule has 0 spiro atoms. The summed E-state index contributed by atoms with van der Waals surface area (Å²) in [4.78, 5) is 7.24. The maximum Gasteiger partial charge on any atom is 0.0705 e. The third-order valence-corrected chi connectivity index (χ3v) is 6.82. The molecule has 27 heavy (non-hydrogen) atoms. The minimum absolute atomic E-state index is 0.328. The monoisotopic (exact) mass is 357 g/mol. The van der Waals surface area contributed by atoms with Crippen LogP contribution >= 0.6 is 0 Å². The second kappa shape index (κ2) is 6.65. The first-order valence-corrected chi connectivity index (χ1v) is 10.2. The van der Waals surface area contributed by atoms with Crippen LogP contribution in [0.25, 0.3) is 10.9 Å². The van der Waals surface area contributed by atoms with Gasteiger partial charge in [0.15, 0.2) is 0 Å². The quantitative estimate of drug-likeness (QED) is 0.678. The van der Waals surface area contributed by atoms with Gasteiger partial charge in [-0.2, -0.15) is 0 Å². The summed E-state index contributed by atoms with van der Waals surface area (Å²) < 4.78 is 0. The molecule has 3 aromatic rings. The molecular formula is C24H27N3. The molecule has 1 aromatic heterocycles. The number of para-hydroxylation sites is 1. The number of benzene rings is 2. The molecule has 1 aliphatic carbocycles. The van der Waals surface area contributed by atoms with Gasteiger partial charge in [-0.15, -0.1) is 0 Å². The Balaban J connectivity index is 1.41. The van der Waals surface area contributed by atoms with E-state index >= 15 is 0 Å². The van der Waals surface area contributed by atoms with E-state index in [-0.39, 0.29) is 0 Å². The number of anilines is 1. The summed E-state index contributed by atoms with van der Waals surface area (Å²) in [5.74, 6) is 0. The van der Waals surface area contributed by atoms with E-state index in [0.717, 1.165) is 24.3 Å². The Morgan fingerprint density at radius 3 is 2.93 bits per heavy atom. The van der Waals surface area contributed by atoms with Gasteiger partial charge in [0.25, 0.3) is 0 Å². The second-order valence-corrected chi connectivity index (χ2v) is 8.36. The Morgan fingerprint density at radius 1 is 1.07 bits per heavy atom. The number of piperidine rings is 1. The smallest absolute Gasteiger partial charge is 0.0705 e. The van der Waals surface area contributed by atoms with E-state index in [1.165, 1.54) is 48.6 Å². The summed E-state index contributed by atoms with van der Waals surface area (Å²) in [6.07, 6.45) is 8.38. The number of pyridine rings is 1. The predicted molar refractivity (Wildman–Crippen MR) is 112 cm³/mol. The topological polar surface area (TPSA) is 42.1 Å². The molecule has 2 fully saturated rings. The Hall–Kier alpha value is -2.39. The molecule has 2 aromatic carbocycles. The van der Waals surface area contributed by atoms with E-state index in [0.29, 0.717) is 11.5 Å². The van der Waals surface area contributed by atoms with Crippen LogP contribution in [0.15, 0.2) is 60.8 Å². The van der Waals surface area contributed by atoms with E-state index in [2.05, 4.69) is 58.4 Å². The highest BCUT2D eigenvalue weighted by molar-refractivity contribution is 5.81. The van der Waals surface area contributed by atoms with Gasteiger partial charge < -0.3 is 5.73 Å². The molecule has 0 amide bonds. The molecule has 3 nitrogen and oxygen atoms in total. The fourth-order valence-electron chi connectivity index (χ4n) is 5.41. The lowest BCUT2D eigenvalue weighted by molar-refractivity contribution is 0.0462. The third kappa shape index (κ3) is 3.00. The van der Waals surface area contributed by atoms with Crippen LogP contribution in [0.3, 0.4) is 0 Å². The minimum Gasteiger partial charge on any atom is -0.399 e. The molecule has 2 heterocycles. The highest BCUT2D eigenvalue weighted by atomic mass is 15.2. The SMILES string of the molecule is Nc1cccc(C23CCCC(C2)N(Cc2ccnc4ccccc24)CC3)c1. The molecule has 3 heteroatoms. The number of nitrogens with two attached hydrogens (primary N) is 1. The number of hydrogen-bond acceptors (Lipinski definition) is 3. The number of likely N-dealkylation sites (tertiary alicyclic amines) is 1. The molecular weight excluding hydrogens is 330 g/mol. The van der Waals surface area contributed by atoms with Gasteiger partial charge in [0.1, 0.15) is 0 Å². The molecule has 1 saturated heterocycles. The van der Waals surface area contributed by atoms with Gasteiger partial charge in [-0.1, -0.05) is 36.8 Å². The number of nitrogens with zero attached hydrogens (tertiary/aromatic N) is 2. The molecule has 1 aliphatic heterocycles. The lowest BCUT2D eigenvalue weighted by Gasteiger charge is -2.51. The number of nitrogen functional groups attached to an aromatic ring is 1. The second-order valence-electron chi connectivity index (χ2n) is 8.36. The van der Waals surface area contributed by atoms with E-state index in [4.69, 9.17) is 5.73 Å². The van der Waals surface area contributed by atoms with Crippen LogP contribution in [-0.4, -0.2) is 22.5 Å². The Labute approximate surface area is 161 Å². The van der Waals surface area contributed by atoms with Gasteiger partial charge in [-0.05, 0) is 73.0 Å². The molecule has 2 unspecified atom stereocenters. The first-order valence-electron chi connectivity index (χ1n) is 10.2. The first kappa shape index (κ1) is 16.8. The van der Waals surface area contributed by atoms with E-state index in [9.17, 15) is 0 Å². The van der Waals surface area contributed by atoms with Crippen LogP contribution in [0.5, 0.6) is 0 Å². The van der Waals surface area contributed by atoms with Crippen LogP contribution < -0.4 is 5.73 Å². The molecule has 0 radical (unpaired) electrons. The summed E-state index contributed by atoms with van der Waals surface area (Å²) in [5, 5.41) is 1.29. The van der Waals surface area contributed by atoms with Crippen molar-refractivity contribution in [2.45, 2.75) is 50.1 Å². The summed E-state index contributed by atoms with van der Waals surface area (Å²) in [7, 11) is 0. The number of fused-ring (bicyclic) bond motifs is 3. The van der Waals surface area contributed by atoms with Crippen molar-refractivity contribution >= 4 is 16.6 Å². The van der Waals surface area contributed by atoms with Crippen molar-refractivity contribution in [3.05, 3.63) is 71.9 Å². The Morgan fingerprint density at radius 2 is 2.00 bits per heavy atom. The van der Waals surface area contributed by atoms with Gasteiger partial charge in [-0.3, -0.25) is 9.88 Å². The fraction of sp³-hybridized carbons (Fsp3) is 0.375. The number of rotatable bonds is 3. The predicted octanol–water partition coefficient (Wildman–Crippen LogP) is 4.90. The molecule has 2 aliphatic rings. The van der Waals surface area contributed by atoms with Crippen LogP contribution in [0.2, 0.25) is 0 Å². The average molecular weight is 358 g/mol. The normalized spacial score (nSPS) is 25.6. The summed E-state index contributed by atoms with van der Waals surface area (Å²) >= 11 is 0. The van der Waals surface area contributed by atoms with Crippen molar-refractivity contribution in [3.63, 3.8) is 0 Å². The summed E-state index contributed by atoms with van der Waals surface area (Å²) in [5.41, 5.74) is 11.3. The van der Waals surface area contributed by atoms with Crippen molar-refractivity contribution in [2.24, 2.45) is 0 Å². The lowest BCUT2D eigenvalue weighted by Crippen LogP contribution is -2.51. The van der Waals surface area contributed by atoms with Crippen molar-refractivity contribution in [3.8, 4) is 0 Å². The molecule has 5 rings (SSSR count). The molecule has 2 atom stereocenters. The largest absolute Gasteiger partial charge is 0.399 e. The van der Waals surface area contributed by atoms with Crippen LogP contribution in [0.4, 0.5) is 5.69 Å². The zero-order valence-electron chi connectivity index (χ0n) is 15.8. The molecule has 138 valence electrons. The molecule has 1 saturated carbocycles. The Kier molecular flexibility index (Phi) is 4.13. The van der Waals surface area contributed by atoms with Crippen molar-refractivity contribution in [1.29, 1.82) is 0 Å². The number of hydrogen-bond donors (Lipinski definition) is 1. The zero-order valence-corrected chi connectivity index (χ0v) is 15.8. The van der Waals surface area contributed by atoms with Gasteiger partial charge in [0.2, 0.25) is 0 Å². The van der Waals surface area contributed by atoms with Crippen LogP contribution in [-0.2, 0) is 12.0 Å². The fourth-order valence-corrected chi connectivity index (χ4v) is 5.41. The average Bonchev–Trinajstić information content (AvgIpc) is 2.71. The highest BCUT2D eigenvalue weighted by Crippen LogP contribution is 2.47. The van der Waals surface area contributed by atoms with Gasteiger partial charge in [0, 0.05) is 29.9 Å². The van der Waals surface area contributed by atoms with E-state index in [1.807, 2.05) is 12.3 Å². The minimum atomic E-state index is 0.328. The van der Waals surface area contributed by atoms with Gasteiger partial charge in [0.05, 0.1) is 5.52 Å². The van der Waals surface area contributed by atoms with Crippen molar-refractivity contribution in [2.75, 3.05) is 12.3 Å². The zero-order chi connectivity index (χ0) is 18.3. The van der Waals surface area contributed by atoms with Crippen LogP contribution in [0.1, 0.15) is 43.2 Å². The van der Waals surface area contributed by atoms with E-state index < -0.39 is 0 Å². The summed E-state index contributed by atoms with van der Waals surface area (Å²) in [6, 6.07) is 20.0. The van der Waals surface area contributed by atoms with Gasteiger partial charge >= 0.3 is 0 Å². The number of aromatic nitrogens is 1.